The topological polar surface area (TPSA) is 68.0 Å². The number of hydrogen-bond acceptors (Lipinski definition) is 4. The molecule has 0 unspecified atom stereocenters. The van der Waals surface area contributed by atoms with E-state index in [4.69, 9.17) is 5.73 Å². The van der Waals surface area contributed by atoms with E-state index in [0.29, 0.717) is 11.4 Å². The van der Waals surface area contributed by atoms with Crippen molar-refractivity contribution in [3.8, 4) is 0 Å². The Bertz CT molecular complexity index is 498. The molecule has 1 saturated carbocycles. The molecule has 1 aliphatic rings. The van der Waals surface area contributed by atoms with E-state index in [-0.39, 0.29) is 10.7 Å². The molecule has 2 rings (SSSR count). The molecule has 0 spiro atoms. The molecule has 1 aromatic heterocycles. The zero-order valence-corrected chi connectivity index (χ0v) is 13.8. The Balaban J connectivity index is 2.02. The summed E-state index contributed by atoms with van der Waals surface area (Å²) in [6.07, 6.45) is 9.15. The summed E-state index contributed by atoms with van der Waals surface area (Å²) in [4.78, 5) is 16.6. The van der Waals surface area contributed by atoms with E-state index >= 15 is 0 Å². The molecular formula is C16H25N3OS. The van der Waals surface area contributed by atoms with Crippen LogP contribution in [0.2, 0.25) is 0 Å². The van der Waals surface area contributed by atoms with Gasteiger partial charge in [-0.3, -0.25) is 4.79 Å². The Morgan fingerprint density at radius 3 is 2.71 bits per heavy atom. The lowest BCUT2D eigenvalue weighted by Gasteiger charge is -2.35. The normalized spacial score (nSPS) is 17.4. The quantitative estimate of drug-likeness (QED) is 0.877. The summed E-state index contributed by atoms with van der Waals surface area (Å²) in [6, 6.07) is 3.49. The second-order valence-corrected chi connectivity index (χ2v) is 7.03. The third-order valence-electron chi connectivity index (χ3n) is 4.29. The first kappa shape index (κ1) is 16.1. The number of aryl methyl sites for hydroxylation is 1. The van der Waals surface area contributed by atoms with Gasteiger partial charge in [0.25, 0.3) is 5.91 Å². The number of aromatic nitrogens is 1. The highest BCUT2D eigenvalue weighted by Crippen LogP contribution is 2.37. The van der Waals surface area contributed by atoms with Crippen molar-refractivity contribution in [3.63, 3.8) is 0 Å². The lowest BCUT2D eigenvalue weighted by molar-refractivity contribution is 0.0946. The number of nitrogens with two attached hydrogens (primary N) is 1. The molecule has 0 saturated heterocycles. The fourth-order valence-electron chi connectivity index (χ4n) is 2.92. The molecule has 0 bridgehead atoms. The highest BCUT2D eigenvalue weighted by atomic mass is 32.2. The summed E-state index contributed by atoms with van der Waals surface area (Å²) < 4.78 is 0.208. The van der Waals surface area contributed by atoms with E-state index in [2.05, 4.69) is 16.6 Å². The van der Waals surface area contributed by atoms with Gasteiger partial charge in [0.1, 0.15) is 5.82 Å². The molecule has 116 valence electrons. The Morgan fingerprint density at radius 1 is 1.38 bits per heavy atom. The van der Waals surface area contributed by atoms with Crippen molar-refractivity contribution in [2.45, 2.75) is 50.2 Å². The van der Waals surface area contributed by atoms with Crippen LogP contribution >= 0.6 is 11.8 Å². The number of amides is 1. The molecule has 4 nitrogen and oxygen atoms in total. The molecule has 0 aromatic carbocycles. The van der Waals surface area contributed by atoms with Crippen LogP contribution < -0.4 is 11.1 Å². The van der Waals surface area contributed by atoms with Crippen LogP contribution in [-0.2, 0) is 6.42 Å². The van der Waals surface area contributed by atoms with Gasteiger partial charge in [-0.05, 0) is 37.7 Å². The Hall–Kier alpha value is -1.23. The minimum absolute atomic E-state index is 0.0437. The van der Waals surface area contributed by atoms with Gasteiger partial charge in [-0.25, -0.2) is 4.98 Å². The first-order valence-corrected chi connectivity index (χ1v) is 8.91. The number of hydrogen-bond donors (Lipinski definition) is 2. The fourth-order valence-corrected chi connectivity index (χ4v) is 3.83. The molecule has 5 heteroatoms. The Kier molecular flexibility index (Phi) is 5.51. The molecule has 1 amide bonds. The van der Waals surface area contributed by atoms with Crippen molar-refractivity contribution in [2.75, 3.05) is 18.5 Å². The zero-order valence-electron chi connectivity index (χ0n) is 12.9. The standard InChI is InChI=1S/C16H25N3OS/c1-3-13-9-12(10-14(17)19-13)15(20)18-11-16(21-2)7-5-4-6-8-16/h9-10H,3-8,11H2,1-2H3,(H2,17,19)(H,18,20). The predicted molar refractivity (Wildman–Crippen MR) is 89.7 cm³/mol. The molecule has 0 atom stereocenters. The lowest BCUT2D eigenvalue weighted by atomic mass is 9.88. The van der Waals surface area contributed by atoms with Gasteiger partial charge in [-0.15, -0.1) is 0 Å². The van der Waals surface area contributed by atoms with Crippen molar-refractivity contribution in [2.24, 2.45) is 0 Å². The summed E-state index contributed by atoms with van der Waals surface area (Å²) in [5, 5.41) is 3.10. The van der Waals surface area contributed by atoms with E-state index in [1.54, 1.807) is 6.07 Å². The number of carbonyl (C=O) groups is 1. The van der Waals surface area contributed by atoms with Crippen molar-refractivity contribution in [1.82, 2.24) is 10.3 Å². The van der Waals surface area contributed by atoms with Crippen molar-refractivity contribution in [1.29, 1.82) is 0 Å². The lowest BCUT2D eigenvalue weighted by Crippen LogP contribution is -2.41. The number of anilines is 1. The van der Waals surface area contributed by atoms with Crippen LogP contribution in [0.5, 0.6) is 0 Å². The number of nitrogens with zero attached hydrogens (tertiary/aromatic N) is 1. The molecule has 1 aromatic rings. The smallest absolute Gasteiger partial charge is 0.251 e. The molecule has 0 aliphatic heterocycles. The molecule has 1 aliphatic carbocycles. The van der Waals surface area contributed by atoms with Crippen LogP contribution in [0, 0.1) is 0 Å². The molecule has 0 radical (unpaired) electrons. The summed E-state index contributed by atoms with van der Waals surface area (Å²) in [5.74, 6) is 0.370. The molecule has 1 fully saturated rings. The van der Waals surface area contributed by atoms with Crippen LogP contribution in [0.15, 0.2) is 12.1 Å². The van der Waals surface area contributed by atoms with Gasteiger partial charge in [0.15, 0.2) is 0 Å². The fraction of sp³-hybridized carbons (Fsp3) is 0.625. The number of rotatable bonds is 5. The van der Waals surface area contributed by atoms with Gasteiger partial charge >= 0.3 is 0 Å². The van der Waals surface area contributed by atoms with E-state index in [1.165, 1.54) is 32.1 Å². The van der Waals surface area contributed by atoms with Gasteiger partial charge in [-0.2, -0.15) is 11.8 Å². The Labute approximate surface area is 131 Å². The second-order valence-electron chi connectivity index (χ2n) is 5.76. The molecular weight excluding hydrogens is 282 g/mol. The highest BCUT2D eigenvalue weighted by Gasteiger charge is 2.31. The van der Waals surface area contributed by atoms with Gasteiger partial charge in [0.2, 0.25) is 0 Å². The Morgan fingerprint density at radius 2 is 2.10 bits per heavy atom. The van der Waals surface area contributed by atoms with Gasteiger partial charge < -0.3 is 11.1 Å². The van der Waals surface area contributed by atoms with Gasteiger partial charge in [0, 0.05) is 22.5 Å². The van der Waals surface area contributed by atoms with Crippen LogP contribution in [-0.4, -0.2) is 28.4 Å². The number of nitrogens with one attached hydrogen (secondary N) is 1. The van der Waals surface area contributed by atoms with E-state index in [0.717, 1.165) is 18.7 Å². The number of nitrogen functional groups attached to an aromatic ring is 1. The largest absolute Gasteiger partial charge is 0.384 e. The maximum atomic E-state index is 12.4. The van der Waals surface area contributed by atoms with Crippen molar-refractivity contribution >= 4 is 23.5 Å². The zero-order chi connectivity index (χ0) is 15.3. The summed E-state index contributed by atoms with van der Waals surface area (Å²) in [5.41, 5.74) is 7.24. The average Bonchev–Trinajstić information content (AvgIpc) is 2.52. The first-order valence-electron chi connectivity index (χ1n) is 7.68. The van der Waals surface area contributed by atoms with E-state index < -0.39 is 0 Å². The summed E-state index contributed by atoms with van der Waals surface area (Å²) in [7, 11) is 0. The number of pyridine rings is 1. The van der Waals surface area contributed by atoms with Gasteiger partial charge in [-0.1, -0.05) is 26.2 Å². The van der Waals surface area contributed by atoms with Gasteiger partial charge in [0.05, 0.1) is 0 Å². The minimum atomic E-state index is -0.0437. The number of carbonyl (C=O) groups excluding carboxylic acids is 1. The van der Waals surface area contributed by atoms with Crippen molar-refractivity contribution < 1.29 is 4.79 Å². The monoisotopic (exact) mass is 307 g/mol. The highest BCUT2D eigenvalue weighted by molar-refractivity contribution is 8.00. The first-order chi connectivity index (χ1) is 10.1. The summed E-state index contributed by atoms with van der Waals surface area (Å²) in [6.45, 7) is 2.74. The SMILES string of the molecule is CCc1cc(C(=O)NCC2(SC)CCCCC2)cc(N)n1. The van der Waals surface area contributed by atoms with Crippen LogP contribution in [0.3, 0.4) is 0 Å². The third kappa shape index (κ3) is 4.13. The van der Waals surface area contributed by atoms with E-state index in [1.807, 2.05) is 24.8 Å². The maximum Gasteiger partial charge on any atom is 0.251 e. The second kappa shape index (κ2) is 7.16. The summed E-state index contributed by atoms with van der Waals surface area (Å²) >= 11 is 1.89. The molecule has 21 heavy (non-hydrogen) atoms. The average molecular weight is 307 g/mol. The van der Waals surface area contributed by atoms with Crippen molar-refractivity contribution in [3.05, 3.63) is 23.4 Å². The predicted octanol–water partition coefficient (Wildman–Crippen LogP) is 3.02. The van der Waals surface area contributed by atoms with Crippen LogP contribution in [0.1, 0.15) is 55.1 Å². The maximum absolute atomic E-state index is 12.4. The number of thioether (sulfide) groups is 1. The minimum Gasteiger partial charge on any atom is -0.384 e. The molecule has 3 N–H and O–H groups in total. The van der Waals surface area contributed by atoms with E-state index in [9.17, 15) is 4.79 Å². The van der Waals surface area contributed by atoms with Crippen LogP contribution in [0.4, 0.5) is 5.82 Å². The molecule has 1 heterocycles. The van der Waals surface area contributed by atoms with Crippen LogP contribution in [0.25, 0.3) is 0 Å². The third-order valence-corrected chi connectivity index (χ3v) is 5.71.